The summed E-state index contributed by atoms with van der Waals surface area (Å²) in [7, 11) is -2.88. The maximum absolute atomic E-state index is 11.1. The maximum Gasteiger partial charge on any atom is 0.147 e. The first-order valence-electron chi connectivity index (χ1n) is 5.69. The number of nitrogens with one attached hydrogen (secondary N) is 1. The van der Waals surface area contributed by atoms with Crippen LogP contribution in [0.15, 0.2) is 18.7 Å². The van der Waals surface area contributed by atoms with E-state index in [-0.39, 0.29) is 11.8 Å². The molecule has 0 amide bonds. The van der Waals surface area contributed by atoms with Crippen LogP contribution in [0.5, 0.6) is 0 Å². The number of sulfone groups is 1. The Morgan fingerprint density at radius 3 is 2.53 bits per heavy atom. The lowest BCUT2D eigenvalue weighted by molar-refractivity contribution is 0.504. The molecule has 5 nitrogen and oxygen atoms in total. The minimum Gasteiger partial charge on any atom is -0.310 e. The van der Waals surface area contributed by atoms with Crippen LogP contribution < -0.4 is 5.32 Å². The van der Waals surface area contributed by atoms with Gasteiger partial charge in [-0.1, -0.05) is 6.92 Å². The summed E-state index contributed by atoms with van der Waals surface area (Å²) in [6.45, 7) is 2.85. The summed E-state index contributed by atoms with van der Waals surface area (Å²) in [6.07, 6.45) is 7.70. The van der Waals surface area contributed by atoms with Crippen molar-refractivity contribution in [3.05, 3.63) is 24.3 Å². The van der Waals surface area contributed by atoms with E-state index in [2.05, 4.69) is 15.3 Å². The van der Waals surface area contributed by atoms with Crippen molar-refractivity contribution in [2.75, 3.05) is 18.6 Å². The van der Waals surface area contributed by atoms with Gasteiger partial charge in [-0.05, 0) is 19.4 Å². The Bertz CT molecular complexity index is 420. The number of rotatable bonds is 7. The third kappa shape index (κ3) is 5.74. The molecule has 1 unspecified atom stereocenters. The lowest BCUT2D eigenvalue weighted by Gasteiger charge is -2.17. The first-order chi connectivity index (χ1) is 8.03. The SMILES string of the molecule is CCNC(CCCS(C)(=O)=O)c1cncnc1. The Labute approximate surface area is 103 Å². The molecule has 0 aromatic carbocycles. The number of nitrogens with zero attached hydrogens (tertiary/aromatic N) is 2. The molecule has 1 rings (SSSR count). The van der Waals surface area contributed by atoms with Crippen molar-refractivity contribution in [3.8, 4) is 0 Å². The van der Waals surface area contributed by atoms with Crippen molar-refractivity contribution < 1.29 is 8.42 Å². The summed E-state index contributed by atoms with van der Waals surface area (Å²) in [4.78, 5) is 7.95. The van der Waals surface area contributed by atoms with E-state index in [9.17, 15) is 8.42 Å². The van der Waals surface area contributed by atoms with Crippen LogP contribution in [0, 0.1) is 0 Å². The average Bonchev–Trinajstić information content (AvgIpc) is 2.27. The van der Waals surface area contributed by atoms with Crippen molar-refractivity contribution >= 4 is 9.84 Å². The van der Waals surface area contributed by atoms with Crippen LogP contribution >= 0.6 is 0 Å². The molecule has 0 saturated carbocycles. The van der Waals surface area contributed by atoms with Crippen molar-refractivity contribution in [3.63, 3.8) is 0 Å². The number of hydrogen-bond donors (Lipinski definition) is 1. The fourth-order valence-corrected chi connectivity index (χ4v) is 2.36. The van der Waals surface area contributed by atoms with E-state index in [0.29, 0.717) is 6.42 Å². The Kier molecular flexibility index (Phi) is 5.50. The molecular formula is C11H19N3O2S. The first kappa shape index (κ1) is 14.1. The monoisotopic (exact) mass is 257 g/mol. The van der Waals surface area contributed by atoms with Crippen LogP contribution in [0.1, 0.15) is 31.4 Å². The van der Waals surface area contributed by atoms with E-state index in [1.54, 1.807) is 12.4 Å². The van der Waals surface area contributed by atoms with Gasteiger partial charge < -0.3 is 5.32 Å². The third-order valence-corrected chi connectivity index (χ3v) is 3.47. The molecule has 1 aromatic heterocycles. The normalized spacial score (nSPS) is 13.5. The van der Waals surface area contributed by atoms with E-state index >= 15 is 0 Å². The molecule has 17 heavy (non-hydrogen) atoms. The maximum atomic E-state index is 11.1. The largest absolute Gasteiger partial charge is 0.310 e. The van der Waals surface area contributed by atoms with Crippen LogP contribution in [0.25, 0.3) is 0 Å². The Hall–Kier alpha value is -1.01. The highest BCUT2D eigenvalue weighted by Gasteiger charge is 2.12. The molecule has 6 heteroatoms. The van der Waals surface area contributed by atoms with Gasteiger partial charge in [0.05, 0.1) is 0 Å². The van der Waals surface area contributed by atoms with E-state index < -0.39 is 9.84 Å². The second-order valence-corrected chi connectivity index (χ2v) is 6.31. The zero-order valence-corrected chi connectivity index (χ0v) is 11.1. The summed E-state index contributed by atoms with van der Waals surface area (Å²) in [5, 5.41) is 3.31. The molecule has 0 saturated heterocycles. The zero-order chi connectivity index (χ0) is 12.7. The highest BCUT2D eigenvalue weighted by molar-refractivity contribution is 7.90. The van der Waals surface area contributed by atoms with Gasteiger partial charge in [0.25, 0.3) is 0 Å². The summed E-state index contributed by atoms with van der Waals surface area (Å²) >= 11 is 0. The van der Waals surface area contributed by atoms with Crippen molar-refractivity contribution in [1.82, 2.24) is 15.3 Å². The van der Waals surface area contributed by atoms with Gasteiger partial charge in [0.1, 0.15) is 16.2 Å². The number of aromatic nitrogens is 2. The summed E-state index contributed by atoms with van der Waals surface area (Å²) in [5.74, 6) is 0.225. The van der Waals surface area contributed by atoms with Crippen LogP contribution in [-0.2, 0) is 9.84 Å². The second-order valence-electron chi connectivity index (χ2n) is 4.05. The van der Waals surface area contributed by atoms with Crippen molar-refractivity contribution in [2.24, 2.45) is 0 Å². The van der Waals surface area contributed by atoms with Crippen molar-refractivity contribution in [2.45, 2.75) is 25.8 Å². The average molecular weight is 257 g/mol. The predicted molar refractivity (Wildman–Crippen MR) is 67.4 cm³/mol. The molecule has 0 bridgehead atoms. The van der Waals surface area contributed by atoms with E-state index in [1.165, 1.54) is 12.6 Å². The van der Waals surface area contributed by atoms with Crippen LogP contribution in [0.2, 0.25) is 0 Å². The quantitative estimate of drug-likeness (QED) is 0.787. The summed E-state index contributed by atoms with van der Waals surface area (Å²) in [6, 6.07) is 0.128. The minimum atomic E-state index is -2.88. The van der Waals surface area contributed by atoms with E-state index in [4.69, 9.17) is 0 Å². The molecule has 0 aliphatic heterocycles. The van der Waals surface area contributed by atoms with E-state index in [1.807, 2.05) is 6.92 Å². The predicted octanol–water partition coefficient (Wildman–Crippen LogP) is 0.952. The number of hydrogen-bond acceptors (Lipinski definition) is 5. The van der Waals surface area contributed by atoms with Gasteiger partial charge in [0.2, 0.25) is 0 Å². The van der Waals surface area contributed by atoms with Crippen LogP contribution in [-0.4, -0.2) is 36.9 Å². The molecule has 1 N–H and O–H groups in total. The van der Waals surface area contributed by atoms with Gasteiger partial charge in [-0.3, -0.25) is 0 Å². The smallest absolute Gasteiger partial charge is 0.147 e. The molecule has 0 spiro atoms. The fraction of sp³-hybridized carbons (Fsp3) is 0.636. The highest BCUT2D eigenvalue weighted by Crippen LogP contribution is 2.16. The Morgan fingerprint density at radius 1 is 1.35 bits per heavy atom. The molecular weight excluding hydrogens is 238 g/mol. The van der Waals surface area contributed by atoms with Gasteiger partial charge in [0.15, 0.2) is 0 Å². The fourth-order valence-electron chi connectivity index (χ4n) is 1.67. The van der Waals surface area contributed by atoms with Crippen molar-refractivity contribution in [1.29, 1.82) is 0 Å². The summed E-state index contributed by atoms with van der Waals surface area (Å²) in [5.41, 5.74) is 1.00. The topological polar surface area (TPSA) is 72.0 Å². The molecule has 0 aliphatic rings. The molecule has 0 aliphatic carbocycles. The van der Waals surface area contributed by atoms with Gasteiger partial charge in [-0.15, -0.1) is 0 Å². The molecule has 0 fully saturated rings. The molecule has 1 aromatic rings. The molecule has 1 atom stereocenters. The zero-order valence-electron chi connectivity index (χ0n) is 10.3. The minimum absolute atomic E-state index is 0.128. The Balaban J connectivity index is 2.56. The van der Waals surface area contributed by atoms with Crippen LogP contribution in [0.4, 0.5) is 0 Å². The first-order valence-corrected chi connectivity index (χ1v) is 7.75. The highest BCUT2D eigenvalue weighted by atomic mass is 32.2. The Morgan fingerprint density at radius 2 is 2.00 bits per heavy atom. The van der Waals surface area contributed by atoms with E-state index in [0.717, 1.165) is 18.5 Å². The van der Waals surface area contributed by atoms with Gasteiger partial charge in [0, 0.05) is 36.0 Å². The molecule has 1 heterocycles. The standard InChI is InChI=1S/C11H19N3O2S/c1-3-14-11(5-4-6-17(2,15)16)10-7-12-9-13-8-10/h7-9,11,14H,3-6H2,1-2H3. The lowest BCUT2D eigenvalue weighted by atomic mass is 10.1. The second kappa shape index (κ2) is 6.66. The van der Waals surface area contributed by atoms with Gasteiger partial charge in [-0.2, -0.15) is 0 Å². The van der Waals surface area contributed by atoms with Gasteiger partial charge >= 0.3 is 0 Å². The summed E-state index contributed by atoms with van der Waals surface area (Å²) < 4.78 is 22.1. The molecule has 96 valence electrons. The molecule has 0 radical (unpaired) electrons. The third-order valence-electron chi connectivity index (χ3n) is 2.44. The van der Waals surface area contributed by atoms with Gasteiger partial charge in [-0.25, -0.2) is 18.4 Å². The van der Waals surface area contributed by atoms with Crippen LogP contribution in [0.3, 0.4) is 0 Å². The lowest BCUT2D eigenvalue weighted by Crippen LogP contribution is -2.22.